The minimum atomic E-state index is -1.01. The predicted octanol–water partition coefficient (Wildman–Crippen LogP) is 3.51. The van der Waals surface area contributed by atoms with E-state index in [1.807, 2.05) is 0 Å². The fourth-order valence-electron chi connectivity index (χ4n) is 2.22. The molecular formula is C15H29FO3. The second-order valence-electron chi connectivity index (χ2n) is 5.21. The fourth-order valence-corrected chi connectivity index (χ4v) is 2.22. The van der Waals surface area contributed by atoms with Crippen LogP contribution in [0.15, 0.2) is 0 Å². The van der Waals surface area contributed by atoms with E-state index in [-0.39, 0.29) is 12.7 Å². The van der Waals surface area contributed by atoms with Crippen LogP contribution in [0, 0.1) is 0 Å². The van der Waals surface area contributed by atoms with Gasteiger partial charge in [-0.25, -0.2) is 4.39 Å². The lowest BCUT2D eigenvalue weighted by atomic mass is 10.1. The van der Waals surface area contributed by atoms with Crippen LogP contribution in [-0.2, 0) is 14.2 Å². The summed E-state index contributed by atoms with van der Waals surface area (Å²) >= 11 is 0. The number of ether oxygens (including phenoxy) is 3. The molecule has 1 fully saturated rings. The van der Waals surface area contributed by atoms with E-state index in [0.717, 1.165) is 32.3 Å². The van der Waals surface area contributed by atoms with Crippen LogP contribution in [-0.4, -0.2) is 44.8 Å². The molecule has 0 amide bonds. The number of halogens is 1. The summed E-state index contributed by atoms with van der Waals surface area (Å²) in [6, 6.07) is 0. The van der Waals surface area contributed by atoms with Crippen molar-refractivity contribution in [1.82, 2.24) is 0 Å². The molecule has 0 aromatic heterocycles. The highest BCUT2D eigenvalue weighted by molar-refractivity contribution is 4.85. The lowest BCUT2D eigenvalue weighted by Crippen LogP contribution is -2.34. The van der Waals surface area contributed by atoms with E-state index in [1.54, 1.807) is 0 Å². The van der Waals surface area contributed by atoms with E-state index >= 15 is 0 Å². The molecule has 1 saturated heterocycles. The summed E-state index contributed by atoms with van der Waals surface area (Å²) in [6.45, 7) is 6.24. The van der Waals surface area contributed by atoms with Gasteiger partial charge in [-0.1, -0.05) is 39.5 Å². The first-order valence-corrected chi connectivity index (χ1v) is 7.74. The van der Waals surface area contributed by atoms with Gasteiger partial charge in [-0.15, -0.1) is 0 Å². The van der Waals surface area contributed by atoms with Crippen LogP contribution >= 0.6 is 0 Å². The lowest BCUT2D eigenvalue weighted by Gasteiger charge is -2.20. The van der Waals surface area contributed by atoms with Crippen molar-refractivity contribution in [3.63, 3.8) is 0 Å². The first-order valence-electron chi connectivity index (χ1n) is 7.74. The summed E-state index contributed by atoms with van der Waals surface area (Å²) < 4.78 is 30.3. The zero-order chi connectivity index (χ0) is 13.9. The van der Waals surface area contributed by atoms with Crippen molar-refractivity contribution in [3.8, 4) is 0 Å². The molecular weight excluding hydrogens is 247 g/mol. The summed E-state index contributed by atoms with van der Waals surface area (Å²) in [6.07, 6.45) is 4.99. The minimum Gasteiger partial charge on any atom is -0.379 e. The van der Waals surface area contributed by atoms with E-state index in [0.29, 0.717) is 13.2 Å². The van der Waals surface area contributed by atoms with Gasteiger partial charge in [-0.2, -0.15) is 0 Å². The van der Waals surface area contributed by atoms with Crippen LogP contribution in [0.2, 0.25) is 0 Å². The van der Waals surface area contributed by atoms with Gasteiger partial charge in [-0.3, -0.25) is 0 Å². The first kappa shape index (κ1) is 16.9. The Morgan fingerprint density at radius 2 is 1.74 bits per heavy atom. The molecule has 19 heavy (non-hydrogen) atoms. The summed E-state index contributed by atoms with van der Waals surface area (Å²) in [5, 5.41) is 0. The molecule has 4 heteroatoms. The molecule has 0 aromatic rings. The van der Waals surface area contributed by atoms with Gasteiger partial charge < -0.3 is 14.2 Å². The van der Waals surface area contributed by atoms with Gasteiger partial charge in [0.25, 0.3) is 0 Å². The first-order chi connectivity index (χ1) is 9.29. The second kappa shape index (κ2) is 10.6. The standard InChI is InChI=1S/C15H29FO3/c1-3-5-7-9-17-12-14-15(13(16)11-19-14)18-10-8-6-4-2/h13-15H,3-12H2,1-2H3/t13-,14+,15-/m0/s1. The van der Waals surface area contributed by atoms with Gasteiger partial charge in [0.15, 0.2) is 6.17 Å². The molecule has 0 bridgehead atoms. The molecule has 1 aliphatic heterocycles. The quantitative estimate of drug-likeness (QED) is 0.541. The molecule has 1 aliphatic rings. The van der Waals surface area contributed by atoms with Crippen LogP contribution in [0.5, 0.6) is 0 Å². The van der Waals surface area contributed by atoms with Crippen LogP contribution in [0.4, 0.5) is 4.39 Å². The van der Waals surface area contributed by atoms with Gasteiger partial charge in [0, 0.05) is 13.2 Å². The zero-order valence-corrected chi connectivity index (χ0v) is 12.4. The fraction of sp³-hybridized carbons (Fsp3) is 1.00. The van der Waals surface area contributed by atoms with Crippen LogP contribution in [0.3, 0.4) is 0 Å². The monoisotopic (exact) mass is 276 g/mol. The van der Waals surface area contributed by atoms with E-state index in [9.17, 15) is 4.39 Å². The molecule has 1 heterocycles. The molecule has 0 spiro atoms. The van der Waals surface area contributed by atoms with E-state index in [2.05, 4.69) is 13.8 Å². The number of unbranched alkanes of at least 4 members (excludes halogenated alkanes) is 4. The Kier molecular flexibility index (Phi) is 9.39. The molecule has 0 aromatic carbocycles. The zero-order valence-electron chi connectivity index (χ0n) is 12.4. The Morgan fingerprint density at radius 1 is 1.05 bits per heavy atom. The van der Waals surface area contributed by atoms with Gasteiger partial charge in [0.05, 0.1) is 13.2 Å². The van der Waals surface area contributed by atoms with E-state index in [1.165, 1.54) is 12.8 Å². The summed E-state index contributed by atoms with van der Waals surface area (Å²) in [4.78, 5) is 0. The highest BCUT2D eigenvalue weighted by Crippen LogP contribution is 2.21. The van der Waals surface area contributed by atoms with Crippen molar-refractivity contribution >= 4 is 0 Å². The third-order valence-corrected chi connectivity index (χ3v) is 3.42. The highest BCUT2D eigenvalue weighted by atomic mass is 19.1. The number of rotatable bonds is 11. The predicted molar refractivity (Wildman–Crippen MR) is 74.2 cm³/mol. The van der Waals surface area contributed by atoms with Crippen molar-refractivity contribution in [2.45, 2.75) is 70.8 Å². The average Bonchev–Trinajstić information content (AvgIpc) is 2.76. The Bertz CT molecular complexity index is 214. The van der Waals surface area contributed by atoms with Gasteiger partial charge in [-0.05, 0) is 12.8 Å². The van der Waals surface area contributed by atoms with Crippen molar-refractivity contribution in [3.05, 3.63) is 0 Å². The largest absolute Gasteiger partial charge is 0.379 e. The molecule has 0 aliphatic carbocycles. The second-order valence-corrected chi connectivity index (χ2v) is 5.21. The van der Waals surface area contributed by atoms with E-state index < -0.39 is 12.3 Å². The average molecular weight is 276 g/mol. The highest BCUT2D eigenvalue weighted by Gasteiger charge is 2.38. The maximum atomic E-state index is 13.7. The minimum absolute atomic E-state index is 0.140. The van der Waals surface area contributed by atoms with Crippen molar-refractivity contribution in [2.24, 2.45) is 0 Å². The van der Waals surface area contributed by atoms with Gasteiger partial charge >= 0.3 is 0 Å². The van der Waals surface area contributed by atoms with Gasteiger partial charge in [0.1, 0.15) is 12.2 Å². The molecule has 0 saturated carbocycles. The smallest absolute Gasteiger partial charge is 0.152 e. The maximum absolute atomic E-state index is 13.7. The van der Waals surface area contributed by atoms with Gasteiger partial charge in [0.2, 0.25) is 0 Å². The van der Waals surface area contributed by atoms with Crippen LogP contribution in [0.25, 0.3) is 0 Å². The van der Waals surface area contributed by atoms with Crippen molar-refractivity contribution < 1.29 is 18.6 Å². The van der Waals surface area contributed by atoms with Crippen LogP contribution in [0.1, 0.15) is 52.4 Å². The maximum Gasteiger partial charge on any atom is 0.152 e. The third-order valence-electron chi connectivity index (χ3n) is 3.42. The lowest BCUT2D eigenvalue weighted by molar-refractivity contribution is -0.0590. The summed E-state index contributed by atoms with van der Waals surface area (Å²) in [5.41, 5.74) is 0. The number of hydrogen-bond acceptors (Lipinski definition) is 3. The van der Waals surface area contributed by atoms with Crippen molar-refractivity contribution in [1.29, 1.82) is 0 Å². The Hall–Kier alpha value is -0.190. The Balaban J connectivity index is 2.15. The molecule has 0 N–H and O–H groups in total. The molecule has 114 valence electrons. The molecule has 3 nitrogen and oxygen atoms in total. The number of hydrogen-bond donors (Lipinski definition) is 0. The molecule has 1 rings (SSSR count). The summed E-state index contributed by atoms with van der Waals surface area (Å²) in [7, 11) is 0. The van der Waals surface area contributed by atoms with Crippen molar-refractivity contribution in [2.75, 3.05) is 26.4 Å². The Labute approximate surface area is 116 Å². The number of alkyl halides is 1. The molecule has 0 unspecified atom stereocenters. The Morgan fingerprint density at radius 3 is 2.42 bits per heavy atom. The topological polar surface area (TPSA) is 27.7 Å². The summed E-state index contributed by atoms with van der Waals surface area (Å²) in [5.74, 6) is 0. The SMILES string of the molecule is CCCCCOC[C@H]1OC[C@H](F)[C@@H]1OCCCCC. The van der Waals surface area contributed by atoms with Crippen LogP contribution < -0.4 is 0 Å². The molecule has 0 radical (unpaired) electrons. The normalized spacial score (nSPS) is 27.0. The molecule has 3 atom stereocenters. The third kappa shape index (κ3) is 6.68. The van der Waals surface area contributed by atoms with E-state index in [4.69, 9.17) is 14.2 Å².